The fraction of sp³-hybridized carbons (Fsp3) is 0.400. The molecular formula is C30H33ClFN5O4. The SMILES string of the molecule is CN(C)C(=O)[C@@H]1CC[C@@H](NC(=O)c2ccc3c(Cl)c[nH]c3c2)[C@@H](NC(=O)c2ccc(N3CCCCC3=O)cc2F)C1. The number of rotatable bonds is 6. The van der Waals surface area contributed by atoms with Crippen LogP contribution < -0.4 is 15.5 Å². The maximum absolute atomic E-state index is 15.2. The maximum Gasteiger partial charge on any atom is 0.254 e. The van der Waals surface area contributed by atoms with Crippen molar-refractivity contribution in [2.75, 3.05) is 25.5 Å². The van der Waals surface area contributed by atoms with Crippen molar-refractivity contribution < 1.29 is 23.6 Å². The number of amides is 4. The summed E-state index contributed by atoms with van der Waals surface area (Å²) >= 11 is 6.16. The van der Waals surface area contributed by atoms with Gasteiger partial charge in [0.25, 0.3) is 11.8 Å². The molecule has 216 valence electrons. The van der Waals surface area contributed by atoms with Crippen LogP contribution in [0.2, 0.25) is 5.02 Å². The van der Waals surface area contributed by atoms with E-state index in [1.54, 1.807) is 44.6 Å². The molecule has 11 heteroatoms. The van der Waals surface area contributed by atoms with Gasteiger partial charge in [0.1, 0.15) is 5.82 Å². The highest BCUT2D eigenvalue weighted by Crippen LogP contribution is 2.29. The number of hydrogen-bond donors (Lipinski definition) is 3. The molecule has 1 saturated carbocycles. The third kappa shape index (κ3) is 6.07. The molecule has 0 radical (unpaired) electrons. The molecule has 1 aliphatic carbocycles. The predicted octanol–water partition coefficient (Wildman–Crippen LogP) is 4.26. The van der Waals surface area contributed by atoms with Crippen molar-refractivity contribution in [1.82, 2.24) is 20.5 Å². The molecule has 1 aromatic heterocycles. The van der Waals surface area contributed by atoms with Crippen molar-refractivity contribution in [2.45, 2.75) is 50.6 Å². The zero-order valence-corrected chi connectivity index (χ0v) is 23.8. The summed E-state index contributed by atoms with van der Waals surface area (Å²) in [4.78, 5) is 57.6. The van der Waals surface area contributed by atoms with Crippen LogP contribution in [0.25, 0.3) is 10.9 Å². The van der Waals surface area contributed by atoms with E-state index < -0.39 is 23.8 Å². The van der Waals surface area contributed by atoms with Gasteiger partial charge in [-0.05, 0) is 62.4 Å². The lowest BCUT2D eigenvalue weighted by atomic mass is 9.81. The van der Waals surface area contributed by atoms with Gasteiger partial charge in [-0.3, -0.25) is 19.2 Å². The van der Waals surface area contributed by atoms with Crippen molar-refractivity contribution in [1.29, 1.82) is 0 Å². The van der Waals surface area contributed by atoms with Crippen LogP contribution in [0.1, 0.15) is 59.2 Å². The number of piperidine rings is 1. The number of fused-ring (bicyclic) bond motifs is 1. The highest BCUT2D eigenvalue weighted by Gasteiger charge is 2.37. The summed E-state index contributed by atoms with van der Waals surface area (Å²) in [5, 5.41) is 7.25. The van der Waals surface area contributed by atoms with Gasteiger partial charge >= 0.3 is 0 Å². The lowest BCUT2D eigenvalue weighted by Gasteiger charge is -2.37. The van der Waals surface area contributed by atoms with E-state index in [1.165, 1.54) is 21.9 Å². The van der Waals surface area contributed by atoms with Crippen LogP contribution in [-0.4, -0.2) is 66.2 Å². The molecule has 1 saturated heterocycles. The lowest BCUT2D eigenvalue weighted by molar-refractivity contribution is -0.134. The molecule has 3 aromatic rings. The minimum Gasteiger partial charge on any atom is -0.360 e. The van der Waals surface area contributed by atoms with Gasteiger partial charge in [0, 0.05) is 67.4 Å². The highest BCUT2D eigenvalue weighted by molar-refractivity contribution is 6.35. The number of hydrogen-bond acceptors (Lipinski definition) is 4. The minimum absolute atomic E-state index is 0.0650. The van der Waals surface area contributed by atoms with E-state index in [-0.39, 0.29) is 29.2 Å². The van der Waals surface area contributed by atoms with Crippen molar-refractivity contribution in [3.63, 3.8) is 0 Å². The van der Waals surface area contributed by atoms with Gasteiger partial charge in [0.2, 0.25) is 11.8 Å². The number of anilines is 1. The molecule has 2 aliphatic rings. The Bertz CT molecular complexity index is 1510. The molecule has 0 bridgehead atoms. The Balaban J connectivity index is 1.34. The summed E-state index contributed by atoms with van der Waals surface area (Å²) in [6, 6.07) is 8.21. The van der Waals surface area contributed by atoms with Crippen LogP contribution in [0, 0.1) is 11.7 Å². The summed E-state index contributed by atoms with van der Waals surface area (Å²) in [5.41, 5.74) is 1.39. The van der Waals surface area contributed by atoms with Crippen LogP contribution in [0.4, 0.5) is 10.1 Å². The Morgan fingerprint density at radius 3 is 2.54 bits per heavy atom. The van der Waals surface area contributed by atoms with E-state index in [2.05, 4.69) is 15.6 Å². The Hall–Kier alpha value is -3.92. The number of benzene rings is 2. The molecule has 9 nitrogen and oxygen atoms in total. The molecule has 0 spiro atoms. The third-order valence-corrected chi connectivity index (χ3v) is 8.31. The summed E-state index contributed by atoms with van der Waals surface area (Å²) in [6.45, 7) is 0.512. The Morgan fingerprint density at radius 2 is 1.80 bits per heavy atom. The van der Waals surface area contributed by atoms with Gasteiger partial charge in [-0.15, -0.1) is 0 Å². The van der Waals surface area contributed by atoms with Gasteiger partial charge in [-0.25, -0.2) is 4.39 Å². The van der Waals surface area contributed by atoms with E-state index in [9.17, 15) is 19.2 Å². The van der Waals surface area contributed by atoms with Gasteiger partial charge in [0.05, 0.1) is 16.6 Å². The second kappa shape index (κ2) is 11.9. The third-order valence-electron chi connectivity index (χ3n) is 8.00. The average molecular weight is 582 g/mol. The van der Waals surface area contributed by atoms with E-state index in [0.29, 0.717) is 48.5 Å². The first kappa shape index (κ1) is 28.6. The number of nitrogens with one attached hydrogen (secondary N) is 3. The van der Waals surface area contributed by atoms with Crippen molar-refractivity contribution in [2.24, 2.45) is 5.92 Å². The standard InChI is InChI=1S/C30H33ClFN5O4/c1-36(2)30(41)18-7-11-24(34-28(39)17-6-9-20-22(31)16-33-25(20)13-17)26(14-18)35-29(40)21-10-8-19(15-23(21)32)37-12-4-3-5-27(37)38/h6,8-10,13,15-16,18,24,26,33H,3-5,7,11-12,14H2,1-2H3,(H,34,39)(H,35,40)/t18-,24-,26+/m1/s1. The smallest absolute Gasteiger partial charge is 0.254 e. The maximum atomic E-state index is 15.2. The normalized spacial score (nSPS) is 21.0. The Kier molecular flexibility index (Phi) is 8.30. The van der Waals surface area contributed by atoms with Crippen molar-refractivity contribution in [3.05, 3.63) is 64.6 Å². The monoisotopic (exact) mass is 581 g/mol. The first-order valence-corrected chi connectivity index (χ1v) is 14.2. The molecule has 3 N–H and O–H groups in total. The molecule has 2 aromatic carbocycles. The van der Waals surface area contributed by atoms with E-state index in [1.807, 2.05) is 0 Å². The van der Waals surface area contributed by atoms with E-state index in [4.69, 9.17) is 11.6 Å². The lowest BCUT2D eigenvalue weighted by Crippen LogP contribution is -2.56. The summed E-state index contributed by atoms with van der Waals surface area (Å²) in [6.07, 6.45) is 4.99. The predicted molar refractivity (Wildman–Crippen MR) is 154 cm³/mol. The van der Waals surface area contributed by atoms with Gasteiger partial charge in [-0.1, -0.05) is 17.7 Å². The number of carbonyl (C=O) groups excluding carboxylic acids is 4. The molecule has 2 heterocycles. The number of nitrogens with zero attached hydrogens (tertiary/aromatic N) is 2. The molecule has 2 fully saturated rings. The number of carbonyl (C=O) groups is 4. The number of H-pyrrole nitrogens is 1. The minimum atomic E-state index is -0.742. The summed E-state index contributed by atoms with van der Waals surface area (Å²) in [5.74, 6) is -2.20. The fourth-order valence-corrected chi connectivity index (χ4v) is 5.98. The molecule has 41 heavy (non-hydrogen) atoms. The van der Waals surface area contributed by atoms with Crippen molar-refractivity contribution >= 4 is 51.8 Å². The van der Waals surface area contributed by atoms with Crippen molar-refractivity contribution in [3.8, 4) is 0 Å². The number of halogens is 2. The summed E-state index contributed by atoms with van der Waals surface area (Å²) in [7, 11) is 3.35. The molecule has 5 rings (SSSR count). The van der Waals surface area contributed by atoms with Gasteiger partial charge in [0.15, 0.2) is 0 Å². The highest BCUT2D eigenvalue weighted by atomic mass is 35.5. The fourth-order valence-electron chi connectivity index (χ4n) is 5.76. The second-order valence-corrected chi connectivity index (χ2v) is 11.4. The largest absolute Gasteiger partial charge is 0.360 e. The molecule has 1 aliphatic heterocycles. The molecular weight excluding hydrogens is 549 g/mol. The average Bonchev–Trinajstić information content (AvgIpc) is 3.33. The quantitative estimate of drug-likeness (QED) is 0.403. The Morgan fingerprint density at radius 1 is 1.02 bits per heavy atom. The number of aromatic amines is 1. The van der Waals surface area contributed by atoms with Crippen LogP contribution in [0.5, 0.6) is 0 Å². The number of aromatic nitrogens is 1. The van der Waals surface area contributed by atoms with Crippen LogP contribution in [0.3, 0.4) is 0 Å². The van der Waals surface area contributed by atoms with E-state index in [0.717, 1.165) is 23.7 Å². The molecule has 3 atom stereocenters. The van der Waals surface area contributed by atoms with E-state index >= 15 is 4.39 Å². The van der Waals surface area contributed by atoms with Crippen LogP contribution >= 0.6 is 11.6 Å². The zero-order chi connectivity index (χ0) is 29.3. The first-order chi connectivity index (χ1) is 19.6. The van der Waals surface area contributed by atoms with Crippen LogP contribution in [-0.2, 0) is 9.59 Å². The second-order valence-electron chi connectivity index (χ2n) is 11.0. The van der Waals surface area contributed by atoms with Gasteiger partial charge in [-0.2, -0.15) is 0 Å². The molecule has 0 unspecified atom stereocenters. The van der Waals surface area contributed by atoms with Crippen LogP contribution in [0.15, 0.2) is 42.6 Å². The summed E-state index contributed by atoms with van der Waals surface area (Å²) < 4.78 is 15.2. The zero-order valence-electron chi connectivity index (χ0n) is 23.0. The Labute approximate surface area is 242 Å². The molecule has 4 amide bonds. The topological polar surface area (TPSA) is 115 Å². The van der Waals surface area contributed by atoms with Gasteiger partial charge < -0.3 is 25.4 Å². The first-order valence-electron chi connectivity index (χ1n) is 13.8.